The van der Waals surface area contributed by atoms with Gasteiger partial charge in [-0.25, -0.2) is 13.1 Å². The van der Waals surface area contributed by atoms with Crippen molar-refractivity contribution >= 4 is 45.0 Å². The van der Waals surface area contributed by atoms with Crippen molar-refractivity contribution < 1.29 is 27.5 Å². The molecule has 15 heteroatoms. The summed E-state index contributed by atoms with van der Waals surface area (Å²) in [6, 6.07) is 16.6. The van der Waals surface area contributed by atoms with Crippen molar-refractivity contribution in [1.82, 2.24) is 25.2 Å². The molecule has 5 rings (SSSR count). The van der Waals surface area contributed by atoms with Gasteiger partial charge < -0.3 is 20.1 Å². The summed E-state index contributed by atoms with van der Waals surface area (Å²) in [5, 5.41) is 8.34. The number of hydrogen-bond donors (Lipinski definition) is 4. The van der Waals surface area contributed by atoms with Crippen LogP contribution in [-0.2, 0) is 25.3 Å². The molecule has 3 aromatic carbocycles. The van der Waals surface area contributed by atoms with Crippen molar-refractivity contribution in [2.45, 2.75) is 55.9 Å². The van der Waals surface area contributed by atoms with Crippen molar-refractivity contribution in [1.29, 1.82) is 0 Å². The fraction of sp³-hybridized carbons (Fsp3) is 0.429. The molecular formula is C35H44Cl2N6O6S. The van der Waals surface area contributed by atoms with E-state index in [9.17, 15) is 13.2 Å². The first kappa shape index (κ1) is 37.8. The zero-order valence-electron chi connectivity index (χ0n) is 28.8. The van der Waals surface area contributed by atoms with Gasteiger partial charge in [0.1, 0.15) is 16.4 Å². The topological polar surface area (TPSA) is 155 Å². The molecule has 0 saturated carbocycles. The Balaban J connectivity index is 1.74. The summed E-state index contributed by atoms with van der Waals surface area (Å²) in [6.45, 7) is 8.75. The fourth-order valence-electron chi connectivity index (χ4n) is 6.46. The van der Waals surface area contributed by atoms with Gasteiger partial charge in [-0.05, 0) is 69.2 Å². The summed E-state index contributed by atoms with van der Waals surface area (Å²) >= 11 is 12.6. The number of nitrogens with two attached hydrogens (primary N) is 1. The zero-order valence-corrected chi connectivity index (χ0v) is 31.1. The summed E-state index contributed by atoms with van der Waals surface area (Å²) in [5.41, 5.74) is 4.84. The van der Waals surface area contributed by atoms with Crippen LogP contribution in [0.15, 0.2) is 65.6 Å². The predicted octanol–water partition coefficient (Wildman–Crippen LogP) is 3.94. The number of benzene rings is 3. The van der Waals surface area contributed by atoms with Gasteiger partial charge in [0.25, 0.3) is 5.91 Å². The number of piperazine rings is 1. The maximum atomic E-state index is 15.2. The van der Waals surface area contributed by atoms with Crippen LogP contribution in [0.25, 0.3) is 0 Å². The van der Waals surface area contributed by atoms with E-state index in [4.69, 9.17) is 38.4 Å². The molecule has 0 aromatic heterocycles. The van der Waals surface area contributed by atoms with Crippen molar-refractivity contribution in [2.24, 2.45) is 5.73 Å². The molecule has 0 spiro atoms. The molecule has 50 heavy (non-hydrogen) atoms. The second-order valence-electron chi connectivity index (χ2n) is 13.4. The molecule has 2 fully saturated rings. The number of halogens is 2. The summed E-state index contributed by atoms with van der Waals surface area (Å²) in [5.74, 6) is -0.497. The minimum Gasteiger partial charge on any atom is -0.495 e. The lowest BCUT2D eigenvalue weighted by Gasteiger charge is -2.40. The lowest BCUT2D eigenvalue weighted by molar-refractivity contribution is -0.141. The molecule has 270 valence electrons. The van der Waals surface area contributed by atoms with Crippen molar-refractivity contribution in [3.05, 3.63) is 87.4 Å². The molecule has 2 aliphatic heterocycles. The summed E-state index contributed by atoms with van der Waals surface area (Å²) in [6.07, 6.45) is 0. The van der Waals surface area contributed by atoms with E-state index in [0.29, 0.717) is 36.2 Å². The van der Waals surface area contributed by atoms with Crippen LogP contribution < -0.4 is 30.6 Å². The molecule has 0 aliphatic carbocycles. The Kier molecular flexibility index (Phi) is 11.4. The highest BCUT2D eigenvalue weighted by Gasteiger charge is 2.55. The van der Waals surface area contributed by atoms with Crippen LogP contribution in [0.3, 0.4) is 0 Å². The molecule has 3 aromatic rings. The number of sulfonamides is 1. The molecule has 2 amide bonds. The molecule has 2 saturated heterocycles. The first-order valence-electron chi connectivity index (χ1n) is 16.3. The average molecular weight is 748 g/mol. The number of carbonyl (C=O) groups is 2. The Bertz CT molecular complexity index is 1760. The standard InChI is InChI=1S/C35H44Cl2N6O6S/c1-6-49-27-20-28(48-5)29(50(46,47)41-34(2,3)4)19-26(27)35(33(45)43-17-15-42(16-18-43)21-30(38)44)39-31(22-7-11-24(36)12-8-22)32(40-35)23-9-13-25(37)14-10-23/h7-14,19-20,31-32,39-41H,6,15-18,21H2,1-5H3,(H2,38,44)/t31-,32+,35?. The number of nitrogens with zero attached hydrogens (tertiary/aromatic N) is 2. The monoisotopic (exact) mass is 746 g/mol. The van der Waals surface area contributed by atoms with Crippen LogP contribution in [0.4, 0.5) is 0 Å². The van der Waals surface area contributed by atoms with Gasteiger partial charge in [-0.3, -0.25) is 25.1 Å². The van der Waals surface area contributed by atoms with Gasteiger partial charge in [0.15, 0.2) is 5.66 Å². The highest BCUT2D eigenvalue weighted by molar-refractivity contribution is 7.89. The Morgan fingerprint density at radius 1 is 0.920 bits per heavy atom. The number of primary amides is 1. The normalized spacial score (nSPS) is 21.6. The summed E-state index contributed by atoms with van der Waals surface area (Å²) < 4.78 is 42.4. The van der Waals surface area contributed by atoms with Crippen molar-refractivity contribution in [2.75, 3.05) is 46.4 Å². The third-order valence-electron chi connectivity index (χ3n) is 8.60. The number of ether oxygens (including phenoxy) is 2. The SMILES string of the molecule is CCOc1cc(OC)c(S(=O)(=O)NC(C)(C)C)cc1C1(C(=O)N2CCN(CC(N)=O)CC2)N[C@H](c2ccc(Cl)cc2)[C@H](c2ccc(Cl)cc2)N1. The average Bonchev–Trinajstić information content (AvgIpc) is 3.45. The quantitative estimate of drug-likeness (QED) is 0.229. The number of carbonyl (C=O) groups excluding carboxylic acids is 2. The maximum absolute atomic E-state index is 15.2. The number of hydrogen-bond acceptors (Lipinski definition) is 9. The first-order valence-corrected chi connectivity index (χ1v) is 18.6. The molecule has 1 unspecified atom stereocenters. The molecule has 0 radical (unpaired) electrons. The van der Waals surface area contributed by atoms with E-state index in [2.05, 4.69) is 15.4 Å². The number of methoxy groups -OCH3 is 1. The fourth-order valence-corrected chi connectivity index (χ4v) is 8.31. The van der Waals surface area contributed by atoms with E-state index in [0.717, 1.165) is 11.1 Å². The zero-order chi connectivity index (χ0) is 36.4. The van der Waals surface area contributed by atoms with Crippen molar-refractivity contribution in [3.8, 4) is 11.5 Å². The minimum absolute atomic E-state index is 0.0538. The van der Waals surface area contributed by atoms with Crippen LogP contribution in [0, 0.1) is 0 Å². The first-order chi connectivity index (χ1) is 23.6. The summed E-state index contributed by atoms with van der Waals surface area (Å²) in [4.78, 5) is 30.3. The van der Waals surface area contributed by atoms with Crippen LogP contribution in [-0.4, -0.2) is 82.0 Å². The highest BCUT2D eigenvalue weighted by Crippen LogP contribution is 2.46. The van der Waals surface area contributed by atoms with Gasteiger partial charge in [0, 0.05) is 53.4 Å². The van der Waals surface area contributed by atoms with Crippen LogP contribution in [0.2, 0.25) is 10.0 Å². The molecular weight excluding hydrogens is 703 g/mol. The van der Waals surface area contributed by atoms with E-state index in [1.807, 2.05) is 29.2 Å². The molecule has 12 nitrogen and oxygen atoms in total. The van der Waals surface area contributed by atoms with E-state index in [1.54, 1.807) is 56.9 Å². The van der Waals surface area contributed by atoms with Gasteiger partial charge in [-0.15, -0.1) is 0 Å². The molecule has 2 heterocycles. The Morgan fingerprint density at radius 3 is 1.88 bits per heavy atom. The molecule has 5 N–H and O–H groups in total. The van der Waals surface area contributed by atoms with E-state index >= 15 is 4.79 Å². The van der Waals surface area contributed by atoms with Gasteiger partial charge >= 0.3 is 0 Å². The van der Waals surface area contributed by atoms with Crippen LogP contribution >= 0.6 is 23.2 Å². The Morgan fingerprint density at radius 2 is 1.44 bits per heavy atom. The summed E-state index contributed by atoms with van der Waals surface area (Å²) in [7, 11) is -2.79. The second-order valence-corrected chi connectivity index (χ2v) is 15.9. The smallest absolute Gasteiger partial charge is 0.262 e. The second kappa shape index (κ2) is 15.0. The number of amides is 2. The van der Waals surface area contributed by atoms with Gasteiger partial charge in [0.05, 0.1) is 32.3 Å². The van der Waals surface area contributed by atoms with Crippen molar-refractivity contribution in [3.63, 3.8) is 0 Å². The van der Waals surface area contributed by atoms with E-state index < -0.39 is 39.2 Å². The molecule has 2 aliphatic rings. The third-order valence-corrected chi connectivity index (χ3v) is 10.9. The largest absolute Gasteiger partial charge is 0.495 e. The Hall–Kier alpha value is -3.43. The lowest BCUT2D eigenvalue weighted by Crippen LogP contribution is -2.62. The maximum Gasteiger partial charge on any atom is 0.262 e. The minimum atomic E-state index is -4.17. The van der Waals surface area contributed by atoms with Gasteiger partial charge in [-0.1, -0.05) is 47.5 Å². The van der Waals surface area contributed by atoms with E-state index in [-0.39, 0.29) is 41.0 Å². The van der Waals surface area contributed by atoms with Gasteiger partial charge in [-0.2, -0.15) is 0 Å². The Labute approximate surface area is 303 Å². The van der Waals surface area contributed by atoms with E-state index in [1.165, 1.54) is 19.2 Å². The highest BCUT2D eigenvalue weighted by atomic mass is 35.5. The predicted molar refractivity (Wildman–Crippen MR) is 193 cm³/mol. The van der Waals surface area contributed by atoms with Gasteiger partial charge in [0.2, 0.25) is 15.9 Å². The third kappa shape index (κ3) is 8.20. The van der Waals surface area contributed by atoms with Crippen LogP contribution in [0.5, 0.6) is 11.5 Å². The molecule has 0 bridgehead atoms. The lowest BCUT2D eigenvalue weighted by atomic mass is 9.95. The van der Waals surface area contributed by atoms with Crippen LogP contribution in [0.1, 0.15) is 56.5 Å². The molecule has 3 atom stereocenters. The number of nitrogens with one attached hydrogen (secondary N) is 3. The number of rotatable bonds is 11.